The second kappa shape index (κ2) is 6.74. The minimum Gasteiger partial charge on any atom is -0.353 e. The summed E-state index contributed by atoms with van der Waals surface area (Å²) in [6.45, 7) is 6.53. The Kier molecular flexibility index (Phi) is 4.98. The summed E-state index contributed by atoms with van der Waals surface area (Å²) >= 11 is 0. The van der Waals surface area contributed by atoms with E-state index in [4.69, 9.17) is 9.47 Å². The number of hydrogen-bond acceptors (Lipinski definition) is 3. The molecule has 1 saturated heterocycles. The molecule has 0 amide bonds. The fourth-order valence-electron chi connectivity index (χ4n) is 2.11. The van der Waals surface area contributed by atoms with Crippen molar-refractivity contribution >= 4 is 0 Å². The molecule has 0 saturated carbocycles. The monoisotopic (exact) mass is 235 g/mol. The highest BCUT2D eigenvalue weighted by Gasteiger charge is 2.17. The van der Waals surface area contributed by atoms with Crippen LogP contribution in [-0.4, -0.2) is 37.5 Å². The third kappa shape index (κ3) is 4.11. The normalized spacial score (nSPS) is 22.3. The molecule has 0 radical (unpaired) electrons. The third-order valence-corrected chi connectivity index (χ3v) is 2.99. The van der Waals surface area contributed by atoms with E-state index in [0.717, 1.165) is 39.3 Å². The van der Waals surface area contributed by atoms with E-state index in [9.17, 15) is 0 Å². The van der Waals surface area contributed by atoms with E-state index in [2.05, 4.69) is 35.2 Å². The van der Waals surface area contributed by atoms with Gasteiger partial charge in [0.1, 0.15) is 0 Å². The summed E-state index contributed by atoms with van der Waals surface area (Å²) in [5, 5.41) is 0. The summed E-state index contributed by atoms with van der Waals surface area (Å²) in [7, 11) is 0. The summed E-state index contributed by atoms with van der Waals surface area (Å²) in [6.07, 6.45) is 0.946. The van der Waals surface area contributed by atoms with Crippen molar-refractivity contribution in [1.29, 1.82) is 0 Å². The molecule has 17 heavy (non-hydrogen) atoms. The molecular formula is C14H21NO2. The molecule has 2 rings (SSSR count). The first kappa shape index (κ1) is 12.6. The molecule has 3 nitrogen and oxygen atoms in total. The average molecular weight is 235 g/mol. The molecule has 0 N–H and O–H groups in total. The lowest BCUT2D eigenvalue weighted by Crippen LogP contribution is -2.25. The van der Waals surface area contributed by atoms with Gasteiger partial charge in [0.25, 0.3) is 0 Å². The first-order chi connectivity index (χ1) is 8.38. The zero-order valence-corrected chi connectivity index (χ0v) is 10.5. The number of nitrogens with zero attached hydrogens (tertiary/aromatic N) is 1. The lowest BCUT2D eigenvalue weighted by molar-refractivity contribution is -0.133. The van der Waals surface area contributed by atoms with Gasteiger partial charge >= 0.3 is 0 Å². The van der Waals surface area contributed by atoms with Gasteiger partial charge in [0.15, 0.2) is 6.29 Å². The Morgan fingerprint density at radius 3 is 2.88 bits per heavy atom. The van der Waals surface area contributed by atoms with Crippen molar-refractivity contribution in [3.05, 3.63) is 35.9 Å². The maximum Gasteiger partial charge on any atom is 0.158 e. The number of ether oxygens (including phenoxy) is 2. The van der Waals surface area contributed by atoms with Crippen LogP contribution in [0.3, 0.4) is 0 Å². The van der Waals surface area contributed by atoms with Gasteiger partial charge in [0, 0.05) is 32.7 Å². The summed E-state index contributed by atoms with van der Waals surface area (Å²) < 4.78 is 11.2. The molecule has 1 unspecified atom stereocenters. The van der Waals surface area contributed by atoms with Crippen molar-refractivity contribution in [3.63, 3.8) is 0 Å². The SMILES string of the molecule is CCOC1CCN(Cc2ccccc2)CCO1. The lowest BCUT2D eigenvalue weighted by atomic mass is 10.2. The number of benzene rings is 1. The summed E-state index contributed by atoms with van der Waals surface area (Å²) in [6, 6.07) is 10.6. The summed E-state index contributed by atoms with van der Waals surface area (Å²) in [5.74, 6) is 0. The molecule has 1 fully saturated rings. The zero-order valence-electron chi connectivity index (χ0n) is 10.5. The molecule has 0 aromatic heterocycles. The second-order valence-electron chi connectivity index (χ2n) is 4.31. The minimum atomic E-state index is -0.0132. The van der Waals surface area contributed by atoms with Gasteiger partial charge in [-0.3, -0.25) is 4.90 Å². The Morgan fingerprint density at radius 1 is 1.29 bits per heavy atom. The van der Waals surface area contributed by atoms with Gasteiger partial charge in [-0.2, -0.15) is 0 Å². The fourth-order valence-corrected chi connectivity index (χ4v) is 2.11. The molecule has 1 heterocycles. The van der Waals surface area contributed by atoms with Crippen molar-refractivity contribution in [2.75, 3.05) is 26.3 Å². The van der Waals surface area contributed by atoms with Gasteiger partial charge in [0.05, 0.1) is 6.61 Å². The van der Waals surface area contributed by atoms with Crippen LogP contribution in [0.4, 0.5) is 0 Å². The Labute approximate surface area is 103 Å². The highest BCUT2D eigenvalue weighted by Crippen LogP contribution is 2.11. The first-order valence-electron chi connectivity index (χ1n) is 6.38. The van der Waals surface area contributed by atoms with E-state index >= 15 is 0 Å². The van der Waals surface area contributed by atoms with Crippen LogP contribution in [0.1, 0.15) is 18.9 Å². The Morgan fingerprint density at radius 2 is 2.12 bits per heavy atom. The zero-order chi connectivity index (χ0) is 11.9. The summed E-state index contributed by atoms with van der Waals surface area (Å²) in [5.41, 5.74) is 1.36. The molecule has 3 heteroatoms. The molecule has 1 aliphatic heterocycles. The van der Waals surface area contributed by atoms with Crippen molar-refractivity contribution in [2.45, 2.75) is 26.2 Å². The fraction of sp³-hybridized carbons (Fsp3) is 0.571. The third-order valence-electron chi connectivity index (χ3n) is 2.99. The van der Waals surface area contributed by atoms with E-state index in [1.54, 1.807) is 0 Å². The van der Waals surface area contributed by atoms with Crippen LogP contribution < -0.4 is 0 Å². The van der Waals surface area contributed by atoms with Gasteiger partial charge in [-0.25, -0.2) is 0 Å². The van der Waals surface area contributed by atoms with E-state index in [1.807, 2.05) is 6.92 Å². The first-order valence-corrected chi connectivity index (χ1v) is 6.38. The van der Waals surface area contributed by atoms with Crippen LogP contribution in [0, 0.1) is 0 Å². The predicted molar refractivity (Wildman–Crippen MR) is 67.7 cm³/mol. The molecule has 0 spiro atoms. The molecule has 0 aliphatic carbocycles. The number of rotatable bonds is 4. The van der Waals surface area contributed by atoms with Crippen LogP contribution in [-0.2, 0) is 16.0 Å². The van der Waals surface area contributed by atoms with E-state index in [1.165, 1.54) is 5.56 Å². The van der Waals surface area contributed by atoms with Gasteiger partial charge in [-0.15, -0.1) is 0 Å². The van der Waals surface area contributed by atoms with Gasteiger partial charge in [-0.05, 0) is 12.5 Å². The predicted octanol–water partition coefficient (Wildman–Crippen LogP) is 2.27. The Balaban J connectivity index is 1.83. The maximum absolute atomic E-state index is 5.65. The topological polar surface area (TPSA) is 21.7 Å². The minimum absolute atomic E-state index is 0.0132. The largest absolute Gasteiger partial charge is 0.353 e. The smallest absolute Gasteiger partial charge is 0.158 e. The Bertz CT molecular complexity index is 315. The van der Waals surface area contributed by atoms with Crippen molar-refractivity contribution in [1.82, 2.24) is 4.90 Å². The molecule has 1 atom stereocenters. The molecule has 1 aromatic carbocycles. The standard InChI is InChI=1S/C14H21NO2/c1-2-16-14-8-9-15(10-11-17-14)12-13-6-4-3-5-7-13/h3-7,14H,2,8-12H2,1H3. The molecular weight excluding hydrogens is 214 g/mol. The van der Waals surface area contributed by atoms with Crippen LogP contribution in [0.5, 0.6) is 0 Å². The number of hydrogen-bond donors (Lipinski definition) is 0. The van der Waals surface area contributed by atoms with Crippen LogP contribution in [0.15, 0.2) is 30.3 Å². The molecule has 94 valence electrons. The highest BCUT2D eigenvalue weighted by atomic mass is 16.7. The van der Waals surface area contributed by atoms with Crippen molar-refractivity contribution < 1.29 is 9.47 Å². The van der Waals surface area contributed by atoms with Crippen LogP contribution in [0.25, 0.3) is 0 Å². The Hall–Kier alpha value is -0.900. The van der Waals surface area contributed by atoms with E-state index < -0.39 is 0 Å². The molecule has 1 aromatic rings. The van der Waals surface area contributed by atoms with Crippen molar-refractivity contribution in [2.24, 2.45) is 0 Å². The van der Waals surface area contributed by atoms with Crippen molar-refractivity contribution in [3.8, 4) is 0 Å². The van der Waals surface area contributed by atoms with Gasteiger partial charge in [0.2, 0.25) is 0 Å². The van der Waals surface area contributed by atoms with E-state index in [0.29, 0.717) is 0 Å². The quantitative estimate of drug-likeness (QED) is 0.799. The van der Waals surface area contributed by atoms with Gasteiger partial charge < -0.3 is 9.47 Å². The van der Waals surface area contributed by atoms with Crippen LogP contribution >= 0.6 is 0 Å². The van der Waals surface area contributed by atoms with Crippen LogP contribution in [0.2, 0.25) is 0 Å². The van der Waals surface area contributed by atoms with Gasteiger partial charge in [-0.1, -0.05) is 30.3 Å². The lowest BCUT2D eigenvalue weighted by Gasteiger charge is -2.19. The second-order valence-corrected chi connectivity index (χ2v) is 4.31. The average Bonchev–Trinajstić information content (AvgIpc) is 2.57. The molecule has 1 aliphatic rings. The maximum atomic E-state index is 5.65. The highest BCUT2D eigenvalue weighted by molar-refractivity contribution is 5.14. The van der Waals surface area contributed by atoms with E-state index in [-0.39, 0.29) is 6.29 Å². The molecule has 0 bridgehead atoms. The summed E-state index contributed by atoms with van der Waals surface area (Å²) in [4.78, 5) is 2.42.